The van der Waals surface area contributed by atoms with E-state index in [2.05, 4.69) is 30.6 Å². The van der Waals surface area contributed by atoms with E-state index in [-0.39, 0.29) is 12.6 Å². The normalized spacial score (nSPS) is 10.9. The van der Waals surface area contributed by atoms with E-state index in [0.717, 1.165) is 38.9 Å². The molecule has 0 amide bonds. The van der Waals surface area contributed by atoms with Gasteiger partial charge in [-0.1, -0.05) is 90.4 Å². The summed E-state index contributed by atoms with van der Waals surface area (Å²) < 4.78 is 5.27. The van der Waals surface area contributed by atoms with Crippen molar-refractivity contribution in [3.63, 3.8) is 0 Å². The molecule has 0 spiro atoms. The van der Waals surface area contributed by atoms with Crippen LogP contribution in [0.5, 0.6) is 0 Å². The minimum atomic E-state index is -0.0807. The molecule has 4 heteroatoms. The molecule has 0 aromatic carbocycles. The van der Waals surface area contributed by atoms with E-state index >= 15 is 0 Å². The number of rotatable bonds is 23. The van der Waals surface area contributed by atoms with Gasteiger partial charge in [0.15, 0.2) is 0 Å². The minimum Gasteiger partial charge on any atom is -0.465 e. The predicted molar refractivity (Wildman–Crippen MR) is 137 cm³/mol. The molecule has 32 heavy (non-hydrogen) atoms. The van der Waals surface area contributed by atoms with Crippen LogP contribution in [0, 0.1) is 11.8 Å². The van der Waals surface area contributed by atoms with Crippen LogP contribution in [0.15, 0.2) is 0 Å². The Morgan fingerprint density at radius 1 is 0.688 bits per heavy atom. The number of carbonyl (C=O) groups excluding carboxylic acids is 1. The van der Waals surface area contributed by atoms with Crippen molar-refractivity contribution in [2.45, 2.75) is 129 Å². The standard InChI is InChI=1S/C28H53NO3/c1-3-5-7-9-11-12-17-21-27-32-28(31)22-18-14-13-16-20-24-29(25-26-30)23-19-15-10-8-6-4-2/h30H,3-11,13-16,18-27H2,1-2H3. The fourth-order valence-electron chi connectivity index (χ4n) is 3.83. The number of hydrogen-bond acceptors (Lipinski definition) is 4. The monoisotopic (exact) mass is 451 g/mol. The molecule has 0 fully saturated rings. The molecule has 0 radical (unpaired) electrons. The van der Waals surface area contributed by atoms with Crippen molar-refractivity contribution in [2.75, 3.05) is 32.8 Å². The van der Waals surface area contributed by atoms with E-state index in [9.17, 15) is 9.90 Å². The SMILES string of the molecule is CCCCCCC#CCCOC(=O)CCCCCCCN(CCO)CCCCCCCC. The van der Waals surface area contributed by atoms with Crippen molar-refractivity contribution < 1.29 is 14.6 Å². The summed E-state index contributed by atoms with van der Waals surface area (Å²) in [4.78, 5) is 14.2. The van der Waals surface area contributed by atoms with Gasteiger partial charge >= 0.3 is 5.97 Å². The Bertz CT molecular complexity index is 455. The molecule has 0 unspecified atom stereocenters. The fourth-order valence-corrected chi connectivity index (χ4v) is 3.83. The molecule has 0 rings (SSSR count). The van der Waals surface area contributed by atoms with Crippen molar-refractivity contribution in [3.05, 3.63) is 0 Å². The number of hydrogen-bond donors (Lipinski definition) is 1. The zero-order valence-corrected chi connectivity index (χ0v) is 21.5. The Kier molecular flexibility index (Phi) is 25.3. The Labute approximate surface area is 199 Å². The van der Waals surface area contributed by atoms with Gasteiger partial charge in [0.2, 0.25) is 0 Å². The van der Waals surface area contributed by atoms with Crippen LogP contribution in [0.3, 0.4) is 0 Å². The molecule has 188 valence electrons. The van der Waals surface area contributed by atoms with Crippen molar-refractivity contribution in [2.24, 2.45) is 0 Å². The number of aliphatic hydroxyl groups is 1. The second-order valence-electron chi connectivity index (χ2n) is 8.99. The zero-order chi connectivity index (χ0) is 23.5. The highest BCUT2D eigenvalue weighted by Gasteiger charge is 2.05. The largest absolute Gasteiger partial charge is 0.465 e. The summed E-state index contributed by atoms with van der Waals surface area (Å²) in [5.74, 6) is 6.19. The number of nitrogens with zero attached hydrogens (tertiary/aromatic N) is 1. The summed E-state index contributed by atoms with van der Waals surface area (Å²) in [5, 5.41) is 9.28. The summed E-state index contributed by atoms with van der Waals surface area (Å²) in [5.41, 5.74) is 0. The molecule has 0 heterocycles. The molecular weight excluding hydrogens is 398 g/mol. The highest BCUT2D eigenvalue weighted by molar-refractivity contribution is 5.69. The number of carbonyl (C=O) groups is 1. The third-order valence-electron chi connectivity index (χ3n) is 5.87. The van der Waals surface area contributed by atoms with Crippen LogP contribution in [0.25, 0.3) is 0 Å². The van der Waals surface area contributed by atoms with Gasteiger partial charge in [-0.3, -0.25) is 4.79 Å². The molecule has 0 saturated heterocycles. The summed E-state index contributed by atoms with van der Waals surface area (Å²) in [6.07, 6.45) is 20.6. The first kappa shape index (κ1) is 30.9. The van der Waals surface area contributed by atoms with Gasteiger partial charge in [-0.05, 0) is 38.8 Å². The van der Waals surface area contributed by atoms with Crippen LogP contribution in [-0.4, -0.2) is 48.8 Å². The highest BCUT2D eigenvalue weighted by atomic mass is 16.5. The molecule has 0 aromatic rings. The predicted octanol–water partition coefficient (Wildman–Crippen LogP) is 6.89. The minimum absolute atomic E-state index is 0.0807. The van der Waals surface area contributed by atoms with Gasteiger partial charge in [0.25, 0.3) is 0 Å². The first-order valence-electron chi connectivity index (χ1n) is 13.7. The zero-order valence-electron chi connectivity index (χ0n) is 21.5. The van der Waals surface area contributed by atoms with Gasteiger partial charge in [-0.2, -0.15) is 0 Å². The lowest BCUT2D eigenvalue weighted by molar-refractivity contribution is -0.143. The van der Waals surface area contributed by atoms with Crippen LogP contribution >= 0.6 is 0 Å². The van der Waals surface area contributed by atoms with Crippen molar-refractivity contribution in [3.8, 4) is 11.8 Å². The van der Waals surface area contributed by atoms with E-state index in [1.807, 2.05) is 0 Å². The summed E-state index contributed by atoms with van der Waals surface area (Å²) in [7, 11) is 0. The van der Waals surface area contributed by atoms with E-state index < -0.39 is 0 Å². The third kappa shape index (κ3) is 23.6. The van der Waals surface area contributed by atoms with E-state index in [4.69, 9.17) is 4.74 Å². The van der Waals surface area contributed by atoms with Gasteiger partial charge in [0, 0.05) is 25.8 Å². The molecule has 4 nitrogen and oxygen atoms in total. The van der Waals surface area contributed by atoms with Crippen molar-refractivity contribution in [1.82, 2.24) is 4.90 Å². The quantitative estimate of drug-likeness (QED) is 0.104. The lowest BCUT2D eigenvalue weighted by Gasteiger charge is -2.21. The Morgan fingerprint density at radius 3 is 1.84 bits per heavy atom. The van der Waals surface area contributed by atoms with E-state index in [0.29, 0.717) is 19.4 Å². The topological polar surface area (TPSA) is 49.8 Å². The number of esters is 1. The van der Waals surface area contributed by atoms with Crippen molar-refractivity contribution >= 4 is 5.97 Å². The molecular formula is C28H53NO3. The maximum absolute atomic E-state index is 11.8. The summed E-state index contributed by atoms with van der Waals surface area (Å²) >= 11 is 0. The van der Waals surface area contributed by atoms with E-state index in [1.54, 1.807) is 0 Å². The smallest absolute Gasteiger partial charge is 0.305 e. The third-order valence-corrected chi connectivity index (χ3v) is 5.87. The lowest BCUT2D eigenvalue weighted by Crippen LogP contribution is -2.29. The van der Waals surface area contributed by atoms with Crippen molar-refractivity contribution in [1.29, 1.82) is 0 Å². The van der Waals surface area contributed by atoms with E-state index in [1.165, 1.54) is 83.5 Å². The number of aliphatic hydroxyl groups excluding tert-OH is 1. The second-order valence-corrected chi connectivity index (χ2v) is 8.99. The molecule has 0 aliphatic rings. The molecule has 0 aromatic heterocycles. The van der Waals surface area contributed by atoms with Crippen LogP contribution in [0.4, 0.5) is 0 Å². The average Bonchev–Trinajstić information content (AvgIpc) is 2.79. The van der Waals surface area contributed by atoms with Crippen LogP contribution in [0.1, 0.15) is 129 Å². The van der Waals surface area contributed by atoms with Crippen LogP contribution in [-0.2, 0) is 9.53 Å². The second kappa shape index (κ2) is 26.2. The summed E-state index contributed by atoms with van der Waals surface area (Å²) in [6, 6.07) is 0. The Morgan fingerprint density at radius 2 is 1.22 bits per heavy atom. The van der Waals surface area contributed by atoms with Gasteiger partial charge in [0.05, 0.1) is 6.61 Å². The van der Waals surface area contributed by atoms with Crippen LogP contribution < -0.4 is 0 Å². The number of unbranched alkanes of at least 4 members (excludes halogenated alkanes) is 13. The molecule has 0 aliphatic carbocycles. The first-order valence-corrected chi connectivity index (χ1v) is 13.7. The average molecular weight is 452 g/mol. The van der Waals surface area contributed by atoms with Gasteiger partial charge in [0.1, 0.15) is 6.61 Å². The number of ether oxygens (including phenoxy) is 1. The van der Waals surface area contributed by atoms with Gasteiger partial charge < -0.3 is 14.7 Å². The molecule has 0 atom stereocenters. The summed E-state index contributed by atoms with van der Waals surface area (Å²) in [6.45, 7) is 8.14. The Hall–Kier alpha value is -1.05. The molecule has 0 bridgehead atoms. The fraction of sp³-hybridized carbons (Fsp3) is 0.893. The lowest BCUT2D eigenvalue weighted by atomic mass is 10.1. The van der Waals surface area contributed by atoms with Gasteiger partial charge in [-0.25, -0.2) is 0 Å². The Balaban J connectivity index is 3.53. The maximum Gasteiger partial charge on any atom is 0.305 e. The van der Waals surface area contributed by atoms with Crippen LogP contribution in [0.2, 0.25) is 0 Å². The molecule has 0 saturated carbocycles. The molecule has 1 N–H and O–H groups in total. The first-order chi connectivity index (χ1) is 15.7. The maximum atomic E-state index is 11.8. The van der Waals surface area contributed by atoms with Gasteiger partial charge in [-0.15, -0.1) is 5.92 Å². The highest BCUT2D eigenvalue weighted by Crippen LogP contribution is 2.09. The molecule has 0 aliphatic heterocycles.